The number of allylic oxidation sites excluding steroid dienone is 3. The predicted molar refractivity (Wildman–Crippen MR) is 129 cm³/mol. The molecule has 1 unspecified atom stereocenters. The Labute approximate surface area is 184 Å². The van der Waals surface area contributed by atoms with Gasteiger partial charge in [-0.3, -0.25) is 0 Å². The third-order valence-corrected chi connectivity index (χ3v) is 6.54. The Bertz CT molecular complexity index is 1040. The van der Waals surface area contributed by atoms with Gasteiger partial charge in [-0.1, -0.05) is 42.0 Å². The molecule has 0 radical (unpaired) electrons. The Balaban J connectivity index is 1.44. The maximum Gasteiger partial charge on any atom is 0.159 e. The molecule has 1 aromatic heterocycles. The second-order valence-corrected chi connectivity index (χ2v) is 8.72. The van der Waals surface area contributed by atoms with Crippen molar-refractivity contribution >= 4 is 22.8 Å². The van der Waals surface area contributed by atoms with Gasteiger partial charge in [-0.2, -0.15) is 0 Å². The van der Waals surface area contributed by atoms with E-state index < -0.39 is 0 Å². The van der Waals surface area contributed by atoms with E-state index in [4.69, 9.17) is 9.97 Å². The highest BCUT2D eigenvalue weighted by Gasteiger charge is 2.24. The van der Waals surface area contributed by atoms with Crippen LogP contribution in [0.25, 0.3) is 11.1 Å². The van der Waals surface area contributed by atoms with E-state index in [-0.39, 0.29) is 0 Å². The third kappa shape index (κ3) is 4.36. The Morgan fingerprint density at radius 1 is 1.03 bits per heavy atom. The predicted octanol–water partition coefficient (Wildman–Crippen LogP) is 5.16. The Morgan fingerprint density at radius 2 is 1.94 bits per heavy atom. The summed E-state index contributed by atoms with van der Waals surface area (Å²) >= 11 is 0. The first-order valence-corrected chi connectivity index (χ1v) is 11.5. The molecule has 2 aliphatic heterocycles. The smallest absolute Gasteiger partial charge is 0.159 e. The normalized spacial score (nSPS) is 20.8. The summed E-state index contributed by atoms with van der Waals surface area (Å²) in [6.07, 6.45) is 12.5. The topological polar surface area (TPSA) is 61.9 Å². The average Bonchev–Trinajstić information content (AvgIpc) is 3.10. The van der Waals surface area contributed by atoms with Crippen molar-refractivity contribution in [1.29, 1.82) is 0 Å². The van der Waals surface area contributed by atoms with Gasteiger partial charge in [-0.15, -0.1) is 0 Å². The number of anilines is 2. The summed E-state index contributed by atoms with van der Waals surface area (Å²) in [5.41, 5.74) is 6.77. The van der Waals surface area contributed by atoms with Crippen molar-refractivity contribution in [1.82, 2.24) is 15.3 Å². The quantitative estimate of drug-likeness (QED) is 0.646. The van der Waals surface area contributed by atoms with Gasteiger partial charge in [-0.25, -0.2) is 9.97 Å². The zero-order chi connectivity index (χ0) is 21.0. The summed E-state index contributed by atoms with van der Waals surface area (Å²) in [6.45, 7) is 4.17. The van der Waals surface area contributed by atoms with Crippen LogP contribution in [0.3, 0.4) is 0 Å². The molecule has 3 heterocycles. The summed E-state index contributed by atoms with van der Waals surface area (Å²) in [5, 5.41) is 10.6. The van der Waals surface area contributed by atoms with E-state index in [1.807, 2.05) is 12.3 Å². The molecule has 0 fully saturated rings. The summed E-state index contributed by atoms with van der Waals surface area (Å²) in [4.78, 5) is 9.96. The molecule has 0 saturated carbocycles. The minimum absolute atomic E-state index is 0.386. The number of aromatic nitrogens is 2. The van der Waals surface area contributed by atoms with Crippen LogP contribution in [0, 0.1) is 0 Å². The van der Waals surface area contributed by atoms with Crippen LogP contribution in [0.5, 0.6) is 0 Å². The van der Waals surface area contributed by atoms with Gasteiger partial charge >= 0.3 is 0 Å². The van der Waals surface area contributed by atoms with Gasteiger partial charge < -0.3 is 16.0 Å². The lowest BCUT2D eigenvalue weighted by Crippen LogP contribution is -2.26. The minimum atomic E-state index is 0.386. The molecule has 1 aromatic carbocycles. The van der Waals surface area contributed by atoms with E-state index in [0.29, 0.717) is 6.04 Å². The first kappa shape index (κ1) is 19.9. The molecule has 0 bridgehead atoms. The zero-order valence-electron chi connectivity index (χ0n) is 18.2. The third-order valence-electron chi connectivity index (χ3n) is 6.54. The van der Waals surface area contributed by atoms with E-state index in [1.165, 1.54) is 27.8 Å². The molecular formula is C26H31N5. The molecular weight excluding hydrogens is 382 g/mol. The molecule has 3 aliphatic rings. The van der Waals surface area contributed by atoms with Crippen molar-refractivity contribution in [2.75, 3.05) is 23.7 Å². The standard InChI is InChI=1S/C26H31N5/c1-18-11-12-21(17-23(18)19-7-3-2-4-8-19)29-26-22-10-6-15-28-25(22)30-24(31-26)20-9-5-14-27-16-13-20/h2-5,7-9,14,21,27H,6,10-13,15-17H2,1H3,(H2,28,29,30,31). The Hall–Kier alpha value is -3.08. The van der Waals surface area contributed by atoms with Gasteiger partial charge in [0, 0.05) is 24.7 Å². The number of nitrogens with one attached hydrogen (secondary N) is 3. The fourth-order valence-electron chi connectivity index (χ4n) is 4.78. The molecule has 0 amide bonds. The molecule has 1 aliphatic carbocycles. The number of rotatable bonds is 4. The number of nitrogens with zero attached hydrogens (tertiary/aromatic N) is 2. The van der Waals surface area contributed by atoms with E-state index in [0.717, 1.165) is 69.1 Å². The summed E-state index contributed by atoms with van der Waals surface area (Å²) in [5.74, 6) is 2.87. The van der Waals surface area contributed by atoms with Crippen molar-refractivity contribution in [3.8, 4) is 0 Å². The molecule has 31 heavy (non-hydrogen) atoms. The van der Waals surface area contributed by atoms with Crippen LogP contribution in [-0.2, 0) is 6.42 Å². The highest BCUT2D eigenvalue weighted by atomic mass is 15.1. The van der Waals surface area contributed by atoms with E-state index in [2.05, 4.69) is 59.3 Å². The molecule has 5 heteroatoms. The van der Waals surface area contributed by atoms with Gasteiger partial charge in [0.15, 0.2) is 5.82 Å². The van der Waals surface area contributed by atoms with Crippen molar-refractivity contribution in [2.45, 2.75) is 51.5 Å². The van der Waals surface area contributed by atoms with Crippen LogP contribution in [0.15, 0.2) is 54.3 Å². The minimum Gasteiger partial charge on any atom is -0.391 e. The maximum atomic E-state index is 5.05. The van der Waals surface area contributed by atoms with Gasteiger partial charge in [0.1, 0.15) is 11.6 Å². The van der Waals surface area contributed by atoms with E-state index >= 15 is 0 Å². The van der Waals surface area contributed by atoms with Crippen LogP contribution < -0.4 is 16.0 Å². The second kappa shape index (κ2) is 8.96. The van der Waals surface area contributed by atoms with Crippen LogP contribution in [-0.4, -0.2) is 29.1 Å². The number of hydrogen-bond donors (Lipinski definition) is 3. The lowest BCUT2D eigenvalue weighted by atomic mass is 9.85. The van der Waals surface area contributed by atoms with Gasteiger partial charge in [-0.05, 0) is 74.4 Å². The molecule has 1 atom stereocenters. The molecule has 2 aromatic rings. The largest absolute Gasteiger partial charge is 0.391 e. The van der Waals surface area contributed by atoms with Gasteiger partial charge in [0.05, 0.1) is 0 Å². The second-order valence-electron chi connectivity index (χ2n) is 8.72. The van der Waals surface area contributed by atoms with Gasteiger partial charge in [0.25, 0.3) is 0 Å². The number of fused-ring (bicyclic) bond motifs is 1. The fourth-order valence-corrected chi connectivity index (χ4v) is 4.78. The van der Waals surface area contributed by atoms with Crippen LogP contribution >= 0.6 is 0 Å². The molecule has 5 nitrogen and oxygen atoms in total. The van der Waals surface area contributed by atoms with Crippen molar-refractivity contribution in [3.05, 3.63) is 71.2 Å². The van der Waals surface area contributed by atoms with E-state index in [9.17, 15) is 0 Å². The summed E-state index contributed by atoms with van der Waals surface area (Å²) < 4.78 is 0. The maximum absolute atomic E-state index is 5.05. The fraction of sp³-hybridized carbons (Fsp3) is 0.385. The Morgan fingerprint density at radius 3 is 2.84 bits per heavy atom. The highest BCUT2D eigenvalue weighted by molar-refractivity contribution is 5.72. The van der Waals surface area contributed by atoms with Crippen LogP contribution in [0.1, 0.15) is 56.0 Å². The number of benzene rings is 1. The van der Waals surface area contributed by atoms with Crippen molar-refractivity contribution in [2.24, 2.45) is 0 Å². The SMILES string of the molecule is CC1=C(c2ccccc2)CC(Nc2nc(C3=CC=CNCC3)nc3c2CCCN3)CC1. The summed E-state index contributed by atoms with van der Waals surface area (Å²) in [7, 11) is 0. The molecule has 0 saturated heterocycles. The first-order valence-electron chi connectivity index (χ1n) is 11.5. The average molecular weight is 414 g/mol. The number of hydrogen-bond acceptors (Lipinski definition) is 5. The van der Waals surface area contributed by atoms with Crippen LogP contribution in [0.2, 0.25) is 0 Å². The molecule has 0 spiro atoms. The monoisotopic (exact) mass is 413 g/mol. The van der Waals surface area contributed by atoms with E-state index in [1.54, 1.807) is 0 Å². The zero-order valence-corrected chi connectivity index (χ0v) is 18.2. The van der Waals surface area contributed by atoms with Crippen molar-refractivity contribution < 1.29 is 0 Å². The summed E-state index contributed by atoms with van der Waals surface area (Å²) in [6, 6.07) is 11.2. The van der Waals surface area contributed by atoms with Crippen LogP contribution in [0.4, 0.5) is 11.6 Å². The Kier molecular flexibility index (Phi) is 5.74. The molecule has 5 rings (SSSR count). The van der Waals surface area contributed by atoms with Crippen molar-refractivity contribution in [3.63, 3.8) is 0 Å². The lowest BCUT2D eigenvalue weighted by Gasteiger charge is -2.29. The molecule has 3 N–H and O–H groups in total. The lowest BCUT2D eigenvalue weighted by molar-refractivity contribution is 0.631. The molecule has 160 valence electrons. The van der Waals surface area contributed by atoms with Gasteiger partial charge in [0.2, 0.25) is 0 Å². The highest BCUT2D eigenvalue weighted by Crippen LogP contribution is 2.35. The first-order chi connectivity index (χ1) is 15.3.